The van der Waals surface area contributed by atoms with Gasteiger partial charge < -0.3 is 14.4 Å². The molecule has 8 rings (SSSR count). The zero-order valence-corrected chi connectivity index (χ0v) is 35.1. The van der Waals surface area contributed by atoms with Crippen LogP contribution >= 0.6 is 0 Å². The third-order valence-corrected chi connectivity index (χ3v) is 13.4. The largest absolute Gasteiger partial charge is 0.464 e. The van der Waals surface area contributed by atoms with Crippen molar-refractivity contribution < 1.29 is 9.47 Å². The lowest BCUT2D eigenvalue weighted by atomic mass is 9.48. The lowest BCUT2D eigenvalue weighted by Gasteiger charge is -2.68. The molecule has 4 unspecified atom stereocenters. The van der Waals surface area contributed by atoms with E-state index in [1.165, 1.54) is 66.9 Å². The molecule has 0 bridgehead atoms. The Labute approximate surface area is 331 Å². The smallest absolute Gasteiger partial charge is 0.127 e. The Balaban J connectivity index is 1.42. The molecule has 0 fully saturated rings. The number of rotatable bonds is 11. The van der Waals surface area contributed by atoms with Gasteiger partial charge in [-0.15, -0.1) is 0 Å². The Bertz CT molecular complexity index is 2240. The Morgan fingerprint density at radius 3 is 2.22 bits per heavy atom. The molecule has 4 aromatic rings. The first-order chi connectivity index (χ1) is 26.3. The molecular formula is C52H61NO2. The van der Waals surface area contributed by atoms with E-state index in [1.54, 1.807) is 0 Å². The third kappa shape index (κ3) is 5.54. The molecule has 55 heavy (non-hydrogen) atoms. The molecular weight excluding hydrogens is 671 g/mol. The van der Waals surface area contributed by atoms with Crippen LogP contribution in [-0.2, 0) is 20.3 Å². The molecule has 2 heterocycles. The number of fused-ring (bicyclic) bond motifs is 11. The van der Waals surface area contributed by atoms with Crippen molar-refractivity contribution in [3.8, 4) is 11.1 Å². The fraction of sp³-hybridized carbons (Fsp3) is 0.423. The topological polar surface area (TPSA) is 21.7 Å². The molecule has 0 N–H and O–H groups in total. The minimum Gasteiger partial charge on any atom is -0.464 e. The van der Waals surface area contributed by atoms with Crippen molar-refractivity contribution in [1.29, 1.82) is 0 Å². The van der Waals surface area contributed by atoms with Crippen molar-refractivity contribution in [1.82, 2.24) is 0 Å². The second-order valence-electron chi connectivity index (χ2n) is 18.2. The summed E-state index contributed by atoms with van der Waals surface area (Å²) in [4.78, 5) is 2.84. The van der Waals surface area contributed by atoms with Crippen molar-refractivity contribution in [2.45, 2.75) is 123 Å². The standard InChI is InChI=1S/C52H61NO2/c1-12-51-31-48(55-38(24-33(5)6)27-37(54-11)23-32(3)4)52(51,13-2)53-46(43-26-34(7)25-35(8)49(43)51)29-40(36-19-15-14-16-20-36)42-28-41-39-21-17-18-22-44(39)50(9,10)45(41)30-47(42)53/h14-22,25-33,37,46H,12-13,23-24H2,1-11H3/b38-27-. The summed E-state index contributed by atoms with van der Waals surface area (Å²) in [5.74, 6) is 3.08. The van der Waals surface area contributed by atoms with E-state index in [9.17, 15) is 0 Å². The number of benzene rings is 4. The number of hydrogen-bond donors (Lipinski definition) is 0. The fourth-order valence-corrected chi connectivity index (χ4v) is 11.2. The number of allylic oxidation sites excluding steroid dienone is 1. The molecule has 3 nitrogen and oxygen atoms in total. The maximum Gasteiger partial charge on any atom is 0.127 e. The second-order valence-corrected chi connectivity index (χ2v) is 18.2. The maximum absolute atomic E-state index is 7.42. The monoisotopic (exact) mass is 731 g/mol. The summed E-state index contributed by atoms with van der Waals surface area (Å²) in [6, 6.07) is 30.2. The van der Waals surface area contributed by atoms with Gasteiger partial charge in [-0.25, -0.2) is 0 Å². The Hall–Kier alpha value is -4.34. The normalized spacial score (nSPS) is 23.5. The Morgan fingerprint density at radius 2 is 1.55 bits per heavy atom. The van der Waals surface area contributed by atoms with Crippen LogP contribution in [0, 0.1) is 25.7 Å². The highest BCUT2D eigenvalue weighted by Gasteiger charge is 2.68. The van der Waals surface area contributed by atoms with E-state index < -0.39 is 5.54 Å². The fourth-order valence-electron chi connectivity index (χ4n) is 11.2. The van der Waals surface area contributed by atoms with Gasteiger partial charge in [-0.1, -0.05) is 128 Å². The summed E-state index contributed by atoms with van der Waals surface area (Å²) in [5, 5.41) is 0. The summed E-state index contributed by atoms with van der Waals surface area (Å²) in [7, 11) is 1.84. The molecule has 2 aliphatic carbocycles. The van der Waals surface area contributed by atoms with Crippen LogP contribution in [0.15, 0.2) is 109 Å². The van der Waals surface area contributed by atoms with Gasteiger partial charge in [0, 0.05) is 35.6 Å². The number of ether oxygens (including phenoxy) is 2. The number of anilines is 1. The predicted octanol–water partition coefficient (Wildman–Crippen LogP) is 13.3. The SMILES string of the molecule is CCC12C=C(O/C(=C\C(CC(C)C)OC)CC(C)C)C1(CC)N1c3cc4c(cc3C(c3ccccc3)=CC1c1cc(C)cc(C)c12)-c1ccccc1C4(C)C. The van der Waals surface area contributed by atoms with E-state index in [0.29, 0.717) is 11.8 Å². The molecule has 0 saturated heterocycles. The first-order valence-electron chi connectivity index (χ1n) is 20.9. The minimum atomic E-state index is -0.409. The van der Waals surface area contributed by atoms with E-state index in [2.05, 4.69) is 171 Å². The Morgan fingerprint density at radius 1 is 0.818 bits per heavy atom. The lowest BCUT2D eigenvalue weighted by molar-refractivity contribution is 0.0871. The van der Waals surface area contributed by atoms with Gasteiger partial charge in [-0.05, 0) is 125 Å². The predicted molar refractivity (Wildman–Crippen MR) is 231 cm³/mol. The van der Waals surface area contributed by atoms with Crippen LogP contribution in [-0.4, -0.2) is 18.8 Å². The van der Waals surface area contributed by atoms with Crippen molar-refractivity contribution in [3.63, 3.8) is 0 Å². The molecule has 0 radical (unpaired) electrons. The molecule has 0 amide bonds. The zero-order chi connectivity index (χ0) is 39.0. The minimum absolute atomic E-state index is 0.00603. The summed E-state index contributed by atoms with van der Waals surface area (Å²) in [6.07, 6.45) is 11.1. The molecule has 0 aromatic heterocycles. The van der Waals surface area contributed by atoms with E-state index in [4.69, 9.17) is 9.47 Å². The van der Waals surface area contributed by atoms with E-state index in [1.807, 2.05) is 7.11 Å². The summed E-state index contributed by atoms with van der Waals surface area (Å²) >= 11 is 0. The summed E-state index contributed by atoms with van der Waals surface area (Å²) in [5.41, 5.74) is 15.6. The van der Waals surface area contributed by atoms with Gasteiger partial charge in [0.25, 0.3) is 0 Å². The van der Waals surface area contributed by atoms with Crippen molar-refractivity contribution >= 4 is 11.3 Å². The van der Waals surface area contributed by atoms with Crippen LogP contribution in [0.25, 0.3) is 16.7 Å². The van der Waals surface area contributed by atoms with Gasteiger partial charge in [-0.3, -0.25) is 0 Å². The molecule has 0 saturated carbocycles. The van der Waals surface area contributed by atoms with Crippen LogP contribution in [0.1, 0.15) is 132 Å². The maximum atomic E-state index is 7.42. The second kappa shape index (κ2) is 13.7. The summed E-state index contributed by atoms with van der Waals surface area (Å²) in [6.45, 7) is 23.3. The van der Waals surface area contributed by atoms with Gasteiger partial charge in [0.15, 0.2) is 0 Å². The highest BCUT2D eigenvalue weighted by molar-refractivity contribution is 5.96. The molecule has 286 valence electrons. The van der Waals surface area contributed by atoms with Crippen LogP contribution in [0.2, 0.25) is 0 Å². The zero-order valence-electron chi connectivity index (χ0n) is 35.1. The van der Waals surface area contributed by atoms with Crippen molar-refractivity contribution in [3.05, 3.63) is 153 Å². The molecule has 3 heteroatoms. The number of hydrogen-bond acceptors (Lipinski definition) is 3. The number of methoxy groups -OCH3 is 1. The van der Waals surface area contributed by atoms with E-state index in [-0.39, 0.29) is 23.0 Å². The first kappa shape index (κ1) is 37.6. The van der Waals surface area contributed by atoms with E-state index in [0.717, 1.165) is 37.2 Å². The highest BCUT2D eigenvalue weighted by Crippen LogP contribution is 2.68. The first-order valence-corrected chi connectivity index (χ1v) is 20.9. The number of nitrogens with zero attached hydrogens (tertiary/aromatic N) is 1. The third-order valence-electron chi connectivity index (χ3n) is 13.4. The molecule has 4 atom stereocenters. The molecule has 2 aliphatic heterocycles. The van der Waals surface area contributed by atoms with Crippen LogP contribution < -0.4 is 4.90 Å². The van der Waals surface area contributed by atoms with Gasteiger partial charge in [-0.2, -0.15) is 0 Å². The van der Waals surface area contributed by atoms with Gasteiger partial charge >= 0.3 is 0 Å². The summed E-state index contributed by atoms with van der Waals surface area (Å²) < 4.78 is 13.5. The lowest BCUT2D eigenvalue weighted by Crippen LogP contribution is -2.72. The van der Waals surface area contributed by atoms with Crippen LogP contribution in [0.5, 0.6) is 0 Å². The van der Waals surface area contributed by atoms with Crippen LogP contribution in [0.4, 0.5) is 5.69 Å². The average Bonchev–Trinajstić information content (AvgIpc) is 3.37. The van der Waals surface area contributed by atoms with Crippen molar-refractivity contribution in [2.75, 3.05) is 12.0 Å². The molecule has 4 aromatic carbocycles. The average molecular weight is 732 g/mol. The molecule has 4 aliphatic rings. The quantitative estimate of drug-likeness (QED) is 0.143. The van der Waals surface area contributed by atoms with Crippen LogP contribution in [0.3, 0.4) is 0 Å². The van der Waals surface area contributed by atoms with Crippen molar-refractivity contribution in [2.24, 2.45) is 11.8 Å². The van der Waals surface area contributed by atoms with E-state index >= 15 is 0 Å². The Kier molecular flexibility index (Phi) is 9.36. The van der Waals surface area contributed by atoms with Gasteiger partial charge in [0.2, 0.25) is 0 Å². The van der Waals surface area contributed by atoms with Gasteiger partial charge in [0.1, 0.15) is 17.1 Å². The highest BCUT2D eigenvalue weighted by atomic mass is 16.5. The number of aryl methyl sites for hydroxylation is 2. The molecule has 0 spiro atoms. The van der Waals surface area contributed by atoms with Gasteiger partial charge in [0.05, 0.1) is 12.1 Å².